The number of likely N-dealkylation sites (N-methyl/N-ethyl adjacent to an activating group) is 1. The minimum absolute atomic E-state index is 0.0384. The van der Waals surface area contributed by atoms with Gasteiger partial charge < -0.3 is 24.9 Å². The maximum absolute atomic E-state index is 14.1. The fourth-order valence-electron chi connectivity index (χ4n) is 5.44. The van der Waals surface area contributed by atoms with Crippen LogP contribution in [0.4, 0.5) is 4.79 Å². The maximum Gasteiger partial charge on any atom is 0.332 e. The molecule has 2 N–H and O–H groups in total. The molecule has 3 amide bonds. The van der Waals surface area contributed by atoms with Crippen LogP contribution >= 0.6 is 0 Å². The number of amides is 3. The lowest BCUT2D eigenvalue weighted by Crippen LogP contribution is -2.69. The molecule has 2 atom stereocenters. The van der Waals surface area contributed by atoms with Gasteiger partial charge in [-0.2, -0.15) is 5.01 Å². The number of hydrogen-bond acceptors (Lipinski definition) is 7. The van der Waals surface area contributed by atoms with Gasteiger partial charge in [-0.05, 0) is 47.5 Å². The average molecular weight is 574 g/mol. The van der Waals surface area contributed by atoms with Gasteiger partial charge in [-0.1, -0.05) is 60.7 Å². The van der Waals surface area contributed by atoms with Crippen molar-refractivity contribution in [1.82, 2.24) is 25.1 Å². The predicted octanol–water partition coefficient (Wildman–Crippen LogP) is 2.67. The van der Waals surface area contributed by atoms with E-state index in [-0.39, 0.29) is 44.8 Å². The quantitative estimate of drug-likeness (QED) is 0.184. The van der Waals surface area contributed by atoms with Crippen molar-refractivity contribution in [2.75, 3.05) is 46.9 Å². The van der Waals surface area contributed by atoms with Crippen LogP contribution in [0, 0.1) is 0 Å². The smallest absolute Gasteiger partial charge is 0.332 e. The van der Waals surface area contributed by atoms with Gasteiger partial charge in [0, 0.05) is 13.6 Å². The van der Waals surface area contributed by atoms with Crippen LogP contribution in [0.15, 0.2) is 79.4 Å². The van der Waals surface area contributed by atoms with E-state index < -0.39 is 12.2 Å². The molecule has 1 heterocycles. The van der Waals surface area contributed by atoms with Crippen molar-refractivity contribution in [3.63, 3.8) is 0 Å². The highest BCUT2D eigenvalue weighted by molar-refractivity contribution is 5.87. The number of nitrogens with zero attached hydrogens (tertiary/aromatic N) is 4. The lowest BCUT2D eigenvalue weighted by Gasteiger charge is -2.50. The molecule has 0 unspecified atom stereocenters. The van der Waals surface area contributed by atoms with Crippen molar-refractivity contribution in [1.29, 1.82) is 0 Å². The number of hydrazine groups is 1. The van der Waals surface area contributed by atoms with Crippen molar-refractivity contribution >= 4 is 29.0 Å². The minimum atomic E-state index is -0.563. The van der Waals surface area contributed by atoms with E-state index in [9.17, 15) is 14.4 Å². The number of aliphatic hydroxyl groups is 1. The van der Waals surface area contributed by atoms with Crippen molar-refractivity contribution in [3.05, 3.63) is 90.5 Å². The Morgan fingerprint density at radius 3 is 2.55 bits per heavy atom. The molecule has 1 fully saturated rings. The normalized spacial score (nSPS) is 17.3. The molecule has 0 bridgehead atoms. The standard InChI is InChI=1S/C32H39N5O5/c1-4-16-37(32(41)33-2)36(17-18-38)30-23-35(22-26-10-7-9-25-8-5-6-11-28(25)26)31(40)29(34(30)3)21-24-12-14-27(15-13-24)42-20-19-39/h4-15,18,29-30,39H,1,16-17,19-23H2,2-3H3,(H,33,41)/t29-,30-/m0/s1. The number of hydrogen-bond donors (Lipinski definition) is 2. The molecule has 1 aliphatic heterocycles. The molecule has 222 valence electrons. The van der Waals surface area contributed by atoms with Gasteiger partial charge in [-0.15, -0.1) is 6.58 Å². The van der Waals surface area contributed by atoms with Crippen molar-refractivity contribution < 1.29 is 24.2 Å². The number of fused-ring (bicyclic) bond motifs is 1. The molecule has 1 aliphatic rings. The van der Waals surface area contributed by atoms with Gasteiger partial charge in [0.1, 0.15) is 18.6 Å². The topological polar surface area (TPSA) is 106 Å². The molecule has 0 radical (unpaired) electrons. The van der Waals surface area contributed by atoms with E-state index in [1.54, 1.807) is 11.1 Å². The van der Waals surface area contributed by atoms with Gasteiger partial charge in [0.15, 0.2) is 0 Å². The van der Waals surface area contributed by atoms with Crippen LogP contribution < -0.4 is 10.1 Å². The summed E-state index contributed by atoms with van der Waals surface area (Å²) in [4.78, 5) is 42.7. The first-order valence-corrected chi connectivity index (χ1v) is 14.0. The average Bonchev–Trinajstić information content (AvgIpc) is 3.01. The van der Waals surface area contributed by atoms with E-state index in [1.807, 2.05) is 77.5 Å². The zero-order chi connectivity index (χ0) is 30.1. The molecule has 10 heteroatoms. The van der Waals surface area contributed by atoms with Gasteiger partial charge in [0.25, 0.3) is 0 Å². The highest BCUT2D eigenvalue weighted by Gasteiger charge is 2.43. The summed E-state index contributed by atoms with van der Waals surface area (Å²) in [7, 11) is 3.39. The maximum atomic E-state index is 14.1. The van der Waals surface area contributed by atoms with E-state index in [2.05, 4.69) is 18.0 Å². The third-order valence-electron chi connectivity index (χ3n) is 7.56. The third kappa shape index (κ3) is 6.96. The van der Waals surface area contributed by atoms with E-state index in [1.165, 1.54) is 12.1 Å². The largest absolute Gasteiger partial charge is 0.491 e. The van der Waals surface area contributed by atoms with Crippen molar-refractivity contribution in [3.8, 4) is 5.75 Å². The summed E-state index contributed by atoms with van der Waals surface area (Å²) >= 11 is 0. The second-order valence-electron chi connectivity index (χ2n) is 10.2. The predicted molar refractivity (Wildman–Crippen MR) is 162 cm³/mol. The summed E-state index contributed by atoms with van der Waals surface area (Å²) in [5.74, 6) is 0.595. The third-order valence-corrected chi connectivity index (χ3v) is 7.56. The number of rotatable bonds is 13. The van der Waals surface area contributed by atoms with E-state index in [4.69, 9.17) is 9.84 Å². The van der Waals surface area contributed by atoms with Crippen LogP contribution in [0.1, 0.15) is 11.1 Å². The van der Waals surface area contributed by atoms with E-state index >= 15 is 0 Å². The molecule has 10 nitrogen and oxygen atoms in total. The number of carbonyl (C=O) groups is 3. The fraction of sp³-hybridized carbons (Fsp3) is 0.344. The molecule has 4 rings (SSSR count). The first kappa shape index (κ1) is 30.7. The highest BCUT2D eigenvalue weighted by Crippen LogP contribution is 2.27. The molecular weight excluding hydrogens is 534 g/mol. The van der Waals surface area contributed by atoms with Crippen molar-refractivity contribution in [2.24, 2.45) is 0 Å². The molecular formula is C32H39N5O5. The van der Waals surface area contributed by atoms with Gasteiger partial charge in [-0.25, -0.2) is 4.79 Å². The summed E-state index contributed by atoms with van der Waals surface area (Å²) in [5.41, 5.74) is 1.95. The molecule has 0 aliphatic carbocycles. The monoisotopic (exact) mass is 573 g/mol. The van der Waals surface area contributed by atoms with E-state index in [0.29, 0.717) is 18.7 Å². The number of aldehydes is 1. The molecule has 0 saturated carbocycles. The Balaban J connectivity index is 1.70. The Labute approximate surface area is 246 Å². The first-order chi connectivity index (χ1) is 20.4. The lowest BCUT2D eigenvalue weighted by atomic mass is 9.98. The highest BCUT2D eigenvalue weighted by atomic mass is 16.5. The van der Waals surface area contributed by atoms with Crippen LogP contribution in [-0.2, 0) is 22.6 Å². The zero-order valence-corrected chi connectivity index (χ0v) is 24.2. The molecule has 3 aromatic rings. The van der Waals surface area contributed by atoms with Crippen LogP contribution in [-0.4, -0.2) is 102 Å². The van der Waals surface area contributed by atoms with Crippen LogP contribution in [0.5, 0.6) is 5.75 Å². The second kappa shape index (κ2) is 14.6. The molecule has 1 saturated heterocycles. The number of urea groups is 1. The minimum Gasteiger partial charge on any atom is -0.491 e. The van der Waals surface area contributed by atoms with Gasteiger partial charge >= 0.3 is 6.03 Å². The van der Waals surface area contributed by atoms with Crippen LogP contribution in [0.2, 0.25) is 0 Å². The van der Waals surface area contributed by atoms with Gasteiger partial charge in [-0.3, -0.25) is 14.7 Å². The lowest BCUT2D eigenvalue weighted by molar-refractivity contribution is -0.162. The summed E-state index contributed by atoms with van der Waals surface area (Å²) in [6.07, 6.45) is 2.30. The number of carbonyl (C=O) groups excluding carboxylic acids is 3. The summed E-state index contributed by atoms with van der Waals surface area (Å²) in [6, 6.07) is 20.7. The summed E-state index contributed by atoms with van der Waals surface area (Å²) in [5, 5.41) is 17.0. The number of nitrogens with one attached hydrogen (secondary N) is 1. The Hall–Kier alpha value is -4.25. The Morgan fingerprint density at radius 2 is 1.86 bits per heavy atom. The second-order valence-corrected chi connectivity index (χ2v) is 10.2. The summed E-state index contributed by atoms with van der Waals surface area (Å²) < 4.78 is 5.49. The fourth-order valence-corrected chi connectivity index (χ4v) is 5.44. The molecule has 3 aromatic carbocycles. The van der Waals surface area contributed by atoms with Gasteiger partial charge in [0.05, 0.1) is 38.4 Å². The first-order valence-electron chi connectivity index (χ1n) is 14.0. The Kier molecular flexibility index (Phi) is 10.7. The van der Waals surface area contributed by atoms with Gasteiger partial charge in [0.2, 0.25) is 5.91 Å². The summed E-state index contributed by atoms with van der Waals surface area (Å²) in [6.45, 7) is 4.72. The number of benzene rings is 3. The van der Waals surface area contributed by atoms with Crippen LogP contribution in [0.3, 0.4) is 0 Å². The molecule has 0 aromatic heterocycles. The number of ether oxygens (including phenoxy) is 1. The Bertz CT molecular complexity index is 1380. The number of aliphatic hydroxyl groups excluding tert-OH is 1. The SMILES string of the molecule is C=CCN(C(=O)NC)N(CC=O)[C@H]1CN(Cc2cccc3ccccc23)C(=O)[C@H](Cc2ccc(OCCO)cc2)N1C. The van der Waals surface area contributed by atoms with E-state index in [0.717, 1.165) is 28.2 Å². The molecule has 0 spiro atoms. The Morgan fingerprint density at radius 1 is 1.12 bits per heavy atom. The van der Waals surface area contributed by atoms with Crippen molar-refractivity contribution in [2.45, 2.75) is 25.2 Å². The van der Waals surface area contributed by atoms with Crippen LogP contribution in [0.25, 0.3) is 10.8 Å². The zero-order valence-electron chi connectivity index (χ0n) is 24.2. The molecule has 42 heavy (non-hydrogen) atoms. The number of piperazine rings is 1.